The summed E-state index contributed by atoms with van der Waals surface area (Å²) >= 11 is 0. The molecule has 2 nitrogen and oxygen atoms in total. The second-order valence-corrected chi connectivity index (χ2v) is 4.84. The lowest BCUT2D eigenvalue weighted by atomic mass is 9.67. The number of hydrogen-bond donors (Lipinski definition) is 0. The van der Waals surface area contributed by atoms with Crippen LogP contribution >= 0.6 is 0 Å². The Balaban J connectivity index is 2.43. The average Bonchev–Trinajstić information content (AvgIpc) is 2.39. The molecule has 0 heterocycles. The van der Waals surface area contributed by atoms with Crippen molar-refractivity contribution in [1.29, 1.82) is 0 Å². The number of benzene rings is 1. The normalized spacial score (nSPS) is 17.7. The maximum atomic E-state index is 12.6. The van der Waals surface area contributed by atoms with E-state index < -0.39 is 0 Å². The molecule has 0 bridgehead atoms. The van der Waals surface area contributed by atoms with E-state index in [4.69, 9.17) is 4.74 Å². The van der Waals surface area contributed by atoms with Crippen LogP contribution in [0, 0.1) is 5.41 Å². The highest BCUT2D eigenvalue weighted by Gasteiger charge is 2.39. The predicted octanol–water partition coefficient (Wildman–Crippen LogP) is 3.63. The second-order valence-electron chi connectivity index (χ2n) is 4.84. The molecular weight excluding hydrogens is 212 g/mol. The van der Waals surface area contributed by atoms with Gasteiger partial charge in [0.2, 0.25) is 0 Å². The molecule has 0 fully saturated rings. The molecule has 0 aromatic heterocycles. The van der Waals surface area contributed by atoms with Crippen molar-refractivity contribution in [2.75, 3.05) is 7.11 Å². The number of ether oxygens (including phenoxy) is 1. The van der Waals surface area contributed by atoms with Gasteiger partial charge in [-0.05, 0) is 49.4 Å². The number of carbonyl (C=O) groups excluding carboxylic acids is 1. The molecule has 2 rings (SSSR count). The maximum absolute atomic E-state index is 12.6. The molecule has 1 aromatic rings. The highest BCUT2D eigenvalue weighted by Crippen LogP contribution is 2.41. The zero-order valence-electron chi connectivity index (χ0n) is 10.9. The second kappa shape index (κ2) is 4.52. The van der Waals surface area contributed by atoms with Crippen molar-refractivity contribution in [3.05, 3.63) is 29.3 Å². The minimum absolute atomic E-state index is 0.123. The molecule has 1 aliphatic carbocycles. The number of aryl methyl sites for hydroxylation is 1. The van der Waals surface area contributed by atoms with Gasteiger partial charge in [0.15, 0.2) is 5.78 Å². The minimum atomic E-state index is -0.123. The molecular formula is C15H20O2. The summed E-state index contributed by atoms with van der Waals surface area (Å²) in [6.07, 6.45) is 3.83. The van der Waals surface area contributed by atoms with Crippen molar-refractivity contribution >= 4 is 5.78 Å². The number of hydrogen-bond acceptors (Lipinski definition) is 2. The molecule has 0 atom stereocenters. The summed E-state index contributed by atoms with van der Waals surface area (Å²) in [7, 11) is 1.66. The number of carbonyl (C=O) groups is 1. The van der Waals surface area contributed by atoms with Gasteiger partial charge in [-0.1, -0.05) is 13.8 Å². The summed E-state index contributed by atoms with van der Waals surface area (Å²) in [5.74, 6) is 1.17. The Labute approximate surface area is 103 Å². The molecule has 0 N–H and O–H groups in total. The Bertz CT molecular complexity index is 431. The first-order chi connectivity index (χ1) is 8.16. The van der Waals surface area contributed by atoms with Gasteiger partial charge in [-0.15, -0.1) is 0 Å². The van der Waals surface area contributed by atoms with Crippen molar-refractivity contribution < 1.29 is 9.53 Å². The summed E-state index contributed by atoms with van der Waals surface area (Å²) in [6, 6.07) is 5.82. The Hall–Kier alpha value is -1.31. The van der Waals surface area contributed by atoms with Crippen molar-refractivity contribution in [3.8, 4) is 5.75 Å². The summed E-state index contributed by atoms with van der Waals surface area (Å²) in [6.45, 7) is 4.24. The van der Waals surface area contributed by atoms with Gasteiger partial charge in [-0.3, -0.25) is 4.79 Å². The quantitative estimate of drug-likeness (QED) is 0.795. The topological polar surface area (TPSA) is 26.3 Å². The first-order valence-electron chi connectivity index (χ1n) is 6.38. The minimum Gasteiger partial charge on any atom is -0.497 e. The van der Waals surface area contributed by atoms with Gasteiger partial charge in [0, 0.05) is 11.0 Å². The number of Topliss-reactive ketones (excluding diaryl/α,β-unsaturated/α-hetero) is 1. The Morgan fingerprint density at radius 2 is 2.00 bits per heavy atom. The number of fused-ring (bicyclic) bond motifs is 1. The van der Waals surface area contributed by atoms with E-state index in [0.29, 0.717) is 5.78 Å². The molecule has 0 unspecified atom stereocenters. The van der Waals surface area contributed by atoms with Gasteiger partial charge in [0.05, 0.1) is 7.11 Å². The average molecular weight is 232 g/mol. The smallest absolute Gasteiger partial charge is 0.169 e. The fourth-order valence-corrected chi connectivity index (χ4v) is 2.82. The summed E-state index contributed by atoms with van der Waals surface area (Å²) in [5.41, 5.74) is 1.93. The molecule has 0 saturated heterocycles. The third-order valence-corrected chi connectivity index (χ3v) is 4.27. The Morgan fingerprint density at radius 1 is 1.29 bits per heavy atom. The monoisotopic (exact) mass is 232 g/mol. The van der Waals surface area contributed by atoms with Crippen LogP contribution in [0.3, 0.4) is 0 Å². The molecule has 17 heavy (non-hydrogen) atoms. The van der Waals surface area contributed by atoms with Gasteiger partial charge < -0.3 is 4.74 Å². The van der Waals surface area contributed by atoms with Gasteiger partial charge in [-0.25, -0.2) is 0 Å². The van der Waals surface area contributed by atoms with Gasteiger partial charge in [0.1, 0.15) is 5.75 Å². The van der Waals surface area contributed by atoms with Gasteiger partial charge in [0.25, 0.3) is 0 Å². The lowest BCUT2D eigenvalue weighted by Crippen LogP contribution is -2.35. The summed E-state index contributed by atoms with van der Waals surface area (Å²) < 4.78 is 5.21. The van der Waals surface area contributed by atoms with E-state index in [1.165, 1.54) is 0 Å². The molecule has 0 amide bonds. The van der Waals surface area contributed by atoms with Crippen LogP contribution in [0.15, 0.2) is 18.2 Å². The standard InChI is InChI=1S/C15H20O2/c1-4-15(5-2)9-8-11-10-12(17-3)6-7-13(11)14(15)16/h6-7,10H,4-5,8-9H2,1-3H3. The van der Waals surface area contributed by atoms with Crippen LogP contribution in [0.25, 0.3) is 0 Å². The lowest BCUT2D eigenvalue weighted by Gasteiger charge is -2.35. The molecule has 1 aliphatic rings. The molecule has 2 heteroatoms. The summed E-state index contributed by atoms with van der Waals surface area (Å²) in [5, 5.41) is 0. The Kier molecular flexibility index (Phi) is 3.23. The lowest BCUT2D eigenvalue weighted by molar-refractivity contribution is 0.0738. The van der Waals surface area contributed by atoms with Crippen LogP contribution in [0.5, 0.6) is 5.75 Å². The van der Waals surface area contributed by atoms with Crippen molar-refractivity contribution in [3.63, 3.8) is 0 Å². The van der Waals surface area contributed by atoms with E-state index in [1.54, 1.807) is 7.11 Å². The molecule has 92 valence electrons. The SMILES string of the molecule is CCC1(CC)CCc2cc(OC)ccc2C1=O. The number of ketones is 1. The molecule has 0 saturated carbocycles. The van der Waals surface area contributed by atoms with Gasteiger partial charge >= 0.3 is 0 Å². The number of methoxy groups -OCH3 is 1. The van der Waals surface area contributed by atoms with Crippen molar-refractivity contribution in [2.45, 2.75) is 39.5 Å². The van der Waals surface area contributed by atoms with Crippen LogP contribution in [0.2, 0.25) is 0 Å². The van der Waals surface area contributed by atoms with Gasteiger partial charge in [-0.2, -0.15) is 0 Å². The predicted molar refractivity (Wildman–Crippen MR) is 68.7 cm³/mol. The Morgan fingerprint density at radius 3 is 2.59 bits per heavy atom. The molecule has 0 radical (unpaired) electrons. The van der Waals surface area contributed by atoms with Crippen LogP contribution in [-0.4, -0.2) is 12.9 Å². The van der Waals surface area contributed by atoms with Crippen molar-refractivity contribution in [2.24, 2.45) is 5.41 Å². The van der Waals surface area contributed by atoms with E-state index in [2.05, 4.69) is 13.8 Å². The van der Waals surface area contributed by atoms with Crippen LogP contribution in [0.1, 0.15) is 49.0 Å². The fourth-order valence-electron chi connectivity index (χ4n) is 2.82. The molecule has 0 spiro atoms. The van der Waals surface area contributed by atoms with E-state index in [0.717, 1.165) is 42.6 Å². The van der Waals surface area contributed by atoms with E-state index >= 15 is 0 Å². The van der Waals surface area contributed by atoms with Crippen molar-refractivity contribution in [1.82, 2.24) is 0 Å². The first kappa shape index (κ1) is 12.2. The largest absolute Gasteiger partial charge is 0.497 e. The zero-order chi connectivity index (χ0) is 12.5. The van der Waals surface area contributed by atoms with Crippen LogP contribution < -0.4 is 4.74 Å². The van der Waals surface area contributed by atoms with E-state index in [1.807, 2.05) is 18.2 Å². The molecule has 0 aliphatic heterocycles. The fraction of sp³-hybridized carbons (Fsp3) is 0.533. The first-order valence-corrected chi connectivity index (χ1v) is 6.38. The summed E-state index contributed by atoms with van der Waals surface area (Å²) in [4.78, 5) is 12.6. The highest BCUT2D eigenvalue weighted by atomic mass is 16.5. The van der Waals surface area contributed by atoms with Crippen LogP contribution in [0.4, 0.5) is 0 Å². The zero-order valence-corrected chi connectivity index (χ0v) is 10.9. The highest BCUT2D eigenvalue weighted by molar-refractivity contribution is 6.02. The molecule has 1 aromatic carbocycles. The maximum Gasteiger partial charge on any atom is 0.169 e. The number of rotatable bonds is 3. The van der Waals surface area contributed by atoms with E-state index in [9.17, 15) is 4.79 Å². The third kappa shape index (κ3) is 1.86. The van der Waals surface area contributed by atoms with Crippen LogP contribution in [-0.2, 0) is 6.42 Å². The third-order valence-electron chi connectivity index (χ3n) is 4.27. The van der Waals surface area contributed by atoms with E-state index in [-0.39, 0.29) is 5.41 Å².